The smallest absolute Gasteiger partial charge is 0.243 e. The third-order valence-electron chi connectivity index (χ3n) is 3.42. The van der Waals surface area contributed by atoms with Gasteiger partial charge in [0.1, 0.15) is 0 Å². The number of hydrogen-bond acceptors (Lipinski definition) is 3. The van der Waals surface area contributed by atoms with Gasteiger partial charge in [-0.3, -0.25) is 0 Å². The molecule has 106 valence electrons. The molecule has 1 aromatic carbocycles. The highest BCUT2D eigenvalue weighted by Gasteiger charge is 2.34. The molecule has 0 saturated carbocycles. The molecule has 0 bridgehead atoms. The maximum absolute atomic E-state index is 12.6. The third kappa shape index (κ3) is 3.28. The molecule has 6 heteroatoms. The van der Waals surface area contributed by atoms with E-state index in [1.807, 2.05) is 0 Å². The predicted octanol–water partition coefficient (Wildman–Crippen LogP) is 2.27. The Balaban J connectivity index is 2.23. The van der Waals surface area contributed by atoms with Crippen molar-refractivity contribution in [3.63, 3.8) is 0 Å². The summed E-state index contributed by atoms with van der Waals surface area (Å²) in [5.74, 6) is 0. The molecule has 1 heterocycles. The lowest BCUT2D eigenvalue weighted by atomic mass is 10.1. The van der Waals surface area contributed by atoms with Gasteiger partial charge in [0.2, 0.25) is 10.0 Å². The van der Waals surface area contributed by atoms with Crippen LogP contribution in [0.4, 0.5) is 0 Å². The van der Waals surface area contributed by atoms with Crippen LogP contribution >= 0.6 is 11.6 Å². The lowest BCUT2D eigenvalue weighted by molar-refractivity contribution is 0.264. The van der Waals surface area contributed by atoms with Crippen LogP contribution in [0.15, 0.2) is 29.2 Å². The summed E-state index contributed by atoms with van der Waals surface area (Å²) in [4.78, 5) is 0.246. The zero-order valence-corrected chi connectivity index (χ0v) is 12.2. The first kappa shape index (κ1) is 14.8. The van der Waals surface area contributed by atoms with Crippen LogP contribution in [0.5, 0.6) is 0 Å². The third-order valence-corrected chi connectivity index (χ3v) is 5.60. The molecule has 1 saturated heterocycles. The summed E-state index contributed by atoms with van der Waals surface area (Å²) in [6, 6.07) is 6.36. The fraction of sp³-hybridized carbons (Fsp3) is 0.538. The molecule has 0 aliphatic carbocycles. The van der Waals surface area contributed by atoms with Crippen molar-refractivity contribution in [3.05, 3.63) is 29.3 Å². The number of benzene rings is 1. The first-order valence-corrected chi connectivity index (χ1v) is 8.26. The van der Waals surface area contributed by atoms with Gasteiger partial charge in [-0.1, -0.05) is 17.7 Å². The molecule has 1 aliphatic heterocycles. The Labute approximate surface area is 119 Å². The van der Waals surface area contributed by atoms with Crippen molar-refractivity contribution in [2.24, 2.45) is 0 Å². The van der Waals surface area contributed by atoms with Gasteiger partial charge in [0.05, 0.1) is 4.90 Å². The quantitative estimate of drug-likeness (QED) is 0.908. The number of aliphatic hydroxyl groups is 1. The summed E-state index contributed by atoms with van der Waals surface area (Å²) in [7, 11) is -3.47. The summed E-state index contributed by atoms with van der Waals surface area (Å²) in [5.41, 5.74) is 0. The van der Waals surface area contributed by atoms with E-state index in [1.165, 1.54) is 6.07 Å². The standard InChI is InChI=1S/C13H18ClNO3S/c14-11-4-1-7-13(10-11)19(17,18)15-8-2-5-12(15)6-3-9-16/h1,4,7,10,12,16H,2-3,5-6,8-9H2. The fourth-order valence-electron chi connectivity index (χ4n) is 2.50. The van der Waals surface area contributed by atoms with Crippen LogP contribution in [0.2, 0.25) is 5.02 Å². The molecule has 0 radical (unpaired) electrons. The fourth-order valence-corrected chi connectivity index (χ4v) is 4.53. The van der Waals surface area contributed by atoms with Gasteiger partial charge in [-0.15, -0.1) is 0 Å². The normalized spacial score (nSPS) is 20.8. The molecule has 0 amide bonds. The number of aliphatic hydroxyl groups excluding tert-OH is 1. The van der Waals surface area contributed by atoms with E-state index < -0.39 is 10.0 Å². The van der Waals surface area contributed by atoms with E-state index in [4.69, 9.17) is 16.7 Å². The zero-order valence-electron chi connectivity index (χ0n) is 10.6. The minimum atomic E-state index is -3.47. The van der Waals surface area contributed by atoms with Crippen molar-refractivity contribution < 1.29 is 13.5 Å². The highest BCUT2D eigenvalue weighted by molar-refractivity contribution is 7.89. The van der Waals surface area contributed by atoms with Gasteiger partial charge in [-0.25, -0.2) is 8.42 Å². The Morgan fingerprint density at radius 3 is 2.89 bits per heavy atom. The maximum atomic E-state index is 12.6. The van der Waals surface area contributed by atoms with Crippen LogP contribution in [-0.4, -0.2) is 37.0 Å². The lowest BCUT2D eigenvalue weighted by Gasteiger charge is -2.24. The Morgan fingerprint density at radius 2 is 2.21 bits per heavy atom. The van der Waals surface area contributed by atoms with E-state index in [0.29, 0.717) is 24.4 Å². The molecular formula is C13H18ClNO3S. The predicted molar refractivity (Wildman–Crippen MR) is 74.7 cm³/mol. The second-order valence-electron chi connectivity index (χ2n) is 4.74. The zero-order chi connectivity index (χ0) is 13.9. The van der Waals surface area contributed by atoms with Crippen LogP contribution in [0.3, 0.4) is 0 Å². The molecule has 1 atom stereocenters. The first-order valence-electron chi connectivity index (χ1n) is 6.44. The summed E-state index contributed by atoms with van der Waals surface area (Å²) in [5, 5.41) is 9.31. The lowest BCUT2D eigenvalue weighted by Crippen LogP contribution is -2.35. The van der Waals surface area contributed by atoms with Crippen LogP contribution in [0.1, 0.15) is 25.7 Å². The van der Waals surface area contributed by atoms with E-state index >= 15 is 0 Å². The van der Waals surface area contributed by atoms with Gasteiger partial charge in [0.25, 0.3) is 0 Å². The van der Waals surface area contributed by atoms with Crippen LogP contribution in [0.25, 0.3) is 0 Å². The van der Waals surface area contributed by atoms with Crippen LogP contribution in [-0.2, 0) is 10.0 Å². The van der Waals surface area contributed by atoms with Crippen molar-refractivity contribution in [2.75, 3.05) is 13.2 Å². The first-order chi connectivity index (χ1) is 9.05. The minimum absolute atomic E-state index is 0.00358. The molecule has 0 spiro atoms. The summed E-state index contributed by atoms with van der Waals surface area (Å²) < 4.78 is 26.7. The second-order valence-corrected chi connectivity index (χ2v) is 7.06. The van der Waals surface area contributed by atoms with E-state index in [9.17, 15) is 8.42 Å². The average Bonchev–Trinajstić information content (AvgIpc) is 2.85. The molecule has 1 N–H and O–H groups in total. The molecule has 1 aliphatic rings. The van der Waals surface area contributed by atoms with Crippen molar-refractivity contribution >= 4 is 21.6 Å². The van der Waals surface area contributed by atoms with Crippen LogP contribution < -0.4 is 0 Å². The van der Waals surface area contributed by atoms with Gasteiger partial charge in [-0.2, -0.15) is 4.31 Å². The van der Waals surface area contributed by atoms with Crippen molar-refractivity contribution in [1.29, 1.82) is 0 Å². The topological polar surface area (TPSA) is 57.6 Å². The van der Waals surface area contributed by atoms with E-state index in [1.54, 1.807) is 22.5 Å². The summed E-state index contributed by atoms with van der Waals surface area (Å²) >= 11 is 5.86. The second kappa shape index (κ2) is 6.22. The number of nitrogens with zero attached hydrogens (tertiary/aromatic N) is 1. The maximum Gasteiger partial charge on any atom is 0.243 e. The monoisotopic (exact) mass is 303 g/mol. The molecule has 1 aromatic rings. The highest BCUT2D eigenvalue weighted by atomic mass is 35.5. The number of sulfonamides is 1. The molecule has 1 fully saturated rings. The van der Waals surface area contributed by atoms with Gasteiger partial charge >= 0.3 is 0 Å². The Kier molecular flexibility index (Phi) is 4.84. The van der Waals surface area contributed by atoms with Crippen molar-refractivity contribution in [2.45, 2.75) is 36.6 Å². The van der Waals surface area contributed by atoms with Gasteiger partial charge in [-0.05, 0) is 43.9 Å². The molecule has 0 aromatic heterocycles. The SMILES string of the molecule is O=S(=O)(c1cccc(Cl)c1)N1CCCC1CCCO. The Morgan fingerprint density at radius 1 is 1.42 bits per heavy atom. The summed E-state index contributed by atoms with van der Waals surface area (Å²) in [6.45, 7) is 0.645. The van der Waals surface area contributed by atoms with Crippen molar-refractivity contribution in [3.8, 4) is 0 Å². The molecule has 4 nitrogen and oxygen atoms in total. The number of halogens is 1. The van der Waals surface area contributed by atoms with E-state index in [0.717, 1.165) is 12.8 Å². The minimum Gasteiger partial charge on any atom is -0.396 e. The molecule has 19 heavy (non-hydrogen) atoms. The van der Waals surface area contributed by atoms with Gasteiger partial charge in [0, 0.05) is 24.2 Å². The van der Waals surface area contributed by atoms with Crippen LogP contribution in [0, 0.1) is 0 Å². The van der Waals surface area contributed by atoms with E-state index in [2.05, 4.69) is 0 Å². The molecular weight excluding hydrogens is 286 g/mol. The number of rotatable bonds is 5. The van der Waals surface area contributed by atoms with Gasteiger partial charge < -0.3 is 5.11 Å². The molecule has 2 rings (SSSR count). The Bertz CT molecular complexity index is 532. The van der Waals surface area contributed by atoms with Crippen molar-refractivity contribution in [1.82, 2.24) is 4.31 Å². The summed E-state index contributed by atoms with van der Waals surface area (Å²) in [6.07, 6.45) is 3.07. The molecule has 1 unspecified atom stereocenters. The van der Waals surface area contributed by atoms with Gasteiger partial charge in [0.15, 0.2) is 0 Å². The highest BCUT2D eigenvalue weighted by Crippen LogP contribution is 2.29. The largest absolute Gasteiger partial charge is 0.396 e. The number of hydrogen-bond donors (Lipinski definition) is 1. The van der Waals surface area contributed by atoms with E-state index in [-0.39, 0.29) is 17.5 Å². The Hall–Kier alpha value is -0.620. The average molecular weight is 304 g/mol.